The Morgan fingerprint density at radius 1 is 1.22 bits per heavy atom. The summed E-state index contributed by atoms with van der Waals surface area (Å²) in [6.45, 7) is 0.469. The molecule has 0 saturated heterocycles. The minimum atomic E-state index is -0.173. The summed E-state index contributed by atoms with van der Waals surface area (Å²) < 4.78 is 1.53. The number of carbonyl (C=O) groups is 1. The maximum Gasteiger partial charge on any atom is 0.252 e. The molecule has 0 aliphatic carbocycles. The van der Waals surface area contributed by atoms with Gasteiger partial charge in [0.05, 0.1) is 12.2 Å². The Bertz CT molecular complexity index is 993. The lowest BCUT2D eigenvalue weighted by atomic mass is 10.0. The molecule has 0 amide bonds. The maximum absolute atomic E-state index is 13.0. The number of halogens is 2. The van der Waals surface area contributed by atoms with Gasteiger partial charge in [0.1, 0.15) is 11.9 Å². The first kappa shape index (κ1) is 20.6. The zero-order valence-electron chi connectivity index (χ0n) is 14.8. The van der Waals surface area contributed by atoms with Crippen LogP contribution in [0.4, 0.5) is 0 Å². The van der Waals surface area contributed by atoms with Crippen LogP contribution < -0.4 is 0 Å². The van der Waals surface area contributed by atoms with Crippen molar-refractivity contribution in [3.63, 3.8) is 0 Å². The van der Waals surface area contributed by atoms with Crippen molar-refractivity contribution in [3.8, 4) is 11.8 Å². The Kier molecular flexibility index (Phi) is 6.70. The number of rotatable bonds is 5. The molecule has 8 heteroatoms. The van der Waals surface area contributed by atoms with Gasteiger partial charge in [-0.2, -0.15) is 5.26 Å². The lowest BCUT2D eigenvalue weighted by Crippen LogP contribution is -2.17. The summed E-state index contributed by atoms with van der Waals surface area (Å²) in [5, 5.41) is 13.9. The van der Waals surface area contributed by atoms with Crippen molar-refractivity contribution >= 4 is 29.8 Å². The molecule has 27 heavy (non-hydrogen) atoms. The van der Waals surface area contributed by atoms with Gasteiger partial charge >= 0.3 is 0 Å². The van der Waals surface area contributed by atoms with E-state index < -0.39 is 0 Å². The third kappa shape index (κ3) is 4.52. The van der Waals surface area contributed by atoms with E-state index in [2.05, 4.69) is 10.1 Å². The molecule has 1 heterocycles. The van der Waals surface area contributed by atoms with E-state index in [1.54, 1.807) is 42.5 Å². The van der Waals surface area contributed by atoms with E-state index in [1.165, 1.54) is 4.68 Å². The molecule has 0 aliphatic rings. The van der Waals surface area contributed by atoms with Crippen molar-refractivity contribution in [1.29, 1.82) is 5.26 Å². The van der Waals surface area contributed by atoms with Crippen LogP contribution in [0.2, 0.25) is 5.02 Å². The number of hydrogen-bond donors (Lipinski definition) is 0. The average Bonchev–Trinajstić information content (AvgIpc) is 3.03. The van der Waals surface area contributed by atoms with Crippen molar-refractivity contribution in [2.45, 2.75) is 6.54 Å². The predicted octanol–water partition coefficient (Wildman–Crippen LogP) is 3.51. The van der Waals surface area contributed by atoms with Gasteiger partial charge in [-0.1, -0.05) is 41.9 Å². The fourth-order valence-corrected chi connectivity index (χ4v) is 2.76. The van der Waals surface area contributed by atoms with Crippen LogP contribution in [-0.4, -0.2) is 39.5 Å². The van der Waals surface area contributed by atoms with Crippen molar-refractivity contribution in [2.75, 3.05) is 14.1 Å². The molecule has 0 saturated carbocycles. The largest absolute Gasteiger partial charge is 0.302 e. The Hall–Kier alpha value is -2.72. The fourth-order valence-electron chi connectivity index (χ4n) is 2.59. The van der Waals surface area contributed by atoms with Gasteiger partial charge in [0.2, 0.25) is 0 Å². The molecule has 0 radical (unpaired) electrons. The van der Waals surface area contributed by atoms with Gasteiger partial charge in [-0.05, 0) is 32.3 Å². The summed E-state index contributed by atoms with van der Waals surface area (Å²) in [5.74, 6) is 0.443. The second-order valence-corrected chi connectivity index (χ2v) is 6.41. The predicted molar refractivity (Wildman–Crippen MR) is 106 cm³/mol. The molecule has 0 aliphatic heterocycles. The highest BCUT2D eigenvalue weighted by atomic mass is 35.5. The quantitative estimate of drug-likeness (QED) is 0.611. The van der Waals surface area contributed by atoms with E-state index in [9.17, 15) is 4.79 Å². The van der Waals surface area contributed by atoms with Crippen LogP contribution in [0.25, 0.3) is 5.69 Å². The van der Waals surface area contributed by atoms with Crippen LogP contribution in [0, 0.1) is 11.3 Å². The van der Waals surface area contributed by atoms with Crippen LogP contribution >= 0.6 is 24.0 Å². The van der Waals surface area contributed by atoms with Crippen molar-refractivity contribution in [2.24, 2.45) is 0 Å². The monoisotopic (exact) mass is 401 g/mol. The first-order valence-corrected chi connectivity index (χ1v) is 8.28. The molecule has 0 N–H and O–H groups in total. The third-order valence-electron chi connectivity index (χ3n) is 3.70. The fraction of sp³-hybridized carbons (Fsp3) is 0.158. The van der Waals surface area contributed by atoms with E-state index in [0.717, 1.165) is 0 Å². The van der Waals surface area contributed by atoms with Gasteiger partial charge in [-0.25, -0.2) is 9.67 Å². The smallest absolute Gasteiger partial charge is 0.252 e. The molecule has 0 unspecified atom stereocenters. The first-order valence-electron chi connectivity index (χ1n) is 7.90. The van der Waals surface area contributed by atoms with Crippen LogP contribution in [0.3, 0.4) is 0 Å². The molecular weight excluding hydrogens is 385 g/mol. The first-order chi connectivity index (χ1) is 12.5. The van der Waals surface area contributed by atoms with Crippen LogP contribution in [-0.2, 0) is 6.54 Å². The number of aromatic nitrogens is 3. The van der Waals surface area contributed by atoms with Crippen LogP contribution in [0.5, 0.6) is 0 Å². The zero-order valence-corrected chi connectivity index (χ0v) is 16.3. The van der Waals surface area contributed by atoms with Gasteiger partial charge in [-0.3, -0.25) is 4.79 Å². The minimum Gasteiger partial charge on any atom is -0.302 e. The van der Waals surface area contributed by atoms with Gasteiger partial charge < -0.3 is 4.90 Å². The van der Waals surface area contributed by atoms with Crippen molar-refractivity contribution in [1.82, 2.24) is 19.7 Å². The summed E-state index contributed by atoms with van der Waals surface area (Å²) in [6.07, 6.45) is 0. The Balaban J connectivity index is 0.00000261. The highest BCUT2D eigenvalue weighted by Crippen LogP contribution is 2.24. The SMILES string of the molecule is CN(C)Cc1nc(C#N)nn1-c1ccc(Cl)cc1C(=O)c1ccccc1.Cl. The number of ketones is 1. The Morgan fingerprint density at radius 2 is 1.93 bits per heavy atom. The standard InChI is InChI=1S/C19H16ClN5O.ClH/c1-24(2)12-18-22-17(11-21)23-25(18)16-9-8-14(20)10-15(16)19(26)13-6-4-3-5-7-13;/h3-10H,12H2,1-2H3;1H. The van der Waals surface area contributed by atoms with Gasteiger partial charge in [0, 0.05) is 16.1 Å². The van der Waals surface area contributed by atoms with E-state index in [0.29, 0.717) is 34.2 Å². The topological polar surface area (TPSA) is 74.8 Å². The number of nitrogens with zero attached hydrogens (tertiary/aromatic N) is 5. The molecule has 0 bridgehead atoms. The van der Waals surface area contributed by atoms with Crippen molar-refractivity contribution < 1.29 is 4.79 Å². The highest BCUT2D eigenvalue weighted by Gasteiger charge is 2.20. The Labute approximate surface area is 168 Å². The number of nitriles is 1. The Morgan fingerprint density at radius 3 is 2.56 bits per heavy atom. The summed E-state index contributed by atoms with van der Waals surface area (Å²) in [4.78, 5) is 19.2. The minimum absolute atomic E-state index is 0. The molecule has 0 spiro atoms. The van der Waals surface area contributed by atoms with Crippen LogP contribution in [0.15, 0.2) is 48.5 Å². The van der Waals surface area contributed by atoms with Gasteiger partial charge in [-0.15, -0.1) is 17.5 Å². The van der Waals surface area contributed by atoms with E-state index in [-0.39, 0.29) is 24.0 Å². The van der Waals surface area contributed by atoms with E-state index in [1.807, 2.05) is 31.1 Å². The zero-order chi connectivity index (χ0) is 18.7. The summed E-state index contributed by atoms with van der Waals surface area (Å²) in [7, 11) is 3.78. The average molecular weight is 402 g/mol. The molecule has 2 aromatic carbocycles. The number of carbonyl (C=O) groups excluding carboxylic acids is 1. The summed E-state index contributed by atoms with van der Waals surface area (Å²) >= 11 is 6.13. The highest BCUT2D eigenvalue weighted by molar-refractivity contribution is 6.31. The molecule has 1 aromatic heterocycles. The normalized spacial score (nSPS) is 10.3. The molecular formula is C19H17Cl2N5O. The second kappa shape index (κ2) is 8.78. The summed E-state index contributed by atoms with van der Waals surface area (Å²) in [5.41, 5.74) is 1.48. The number of hydrogen-bond acceptors (Lipinski definition) is 5. The van der Waals surface area contributed by atoms with Crippen molar-refractivity contribution in [3.05, 3.63) is 76.3 Å². The molecule has 0 atom stereocenters. The van der Waals surface area contributed by atoms with E-state index in [4.69, 9.17) is 16.9 Å². The van der Waals surface area contributed by atoms with E-state index >= 15 is 0 Å². The second-order valence-electron chi connectivity index (χ2n) is 5.97. The maximum atomic E-state index is 13.0. The lowest BCUT2D eigenvalue weighted by molar-refractivity contribution is 0.103. The van der Waals surface area contributed by atoms with Gasteiger partial charge in [0.25, 0.3) is 5.82 Å². The molecule has 3 rings (SSSR count). The third-order valence-corrected chi connectivity index (χ3v) is 3.93. The summed E-state index contributed by atoms with van der Waals surface area (Å²) in [6, 6.07) is 15.9. The molecule has 6 nitrogen and oxygen atoms in total. The molecule has 3 aromatic rings. The van der Waals surface area contributed by atoms with Crippen LogP contribution in [0.1, 0.15) is 27.6 Å². The molecule has 0 fully saturated rings. The molecule has 138 valence electrons. The lowest BCUT2D eigenvalue weighted by Gasteiger charge is -2.14. The number of benzene rings is 2. The van der Waals surface area contributed by atoms with Gasteiger partial charge in [0.15, 0.2) is 5.78 Å².